The molecule has 1 nitrogen and oxygen atoms in total. The van der Waals surface area contributed by atoms with Gasteiger partial charge in [0.15, 0.2) is 0 Å². The van der Waals surface area contributed by atoms with E-state index in [4.69, 9.17) is 5.11 Å². The third kappa shape index (κ3) is 2.24. The third-order valence-corrected chi connectivity index (χ3v) is 2.71. The molecule has 1 N–H and O–H groups in total. The zero-order chi connectivity index (χ0) is 9.97. The number of aliphatic hydroxyl groups excluding tert-OH is 1. The molecule has 0 radical (unpaired) electrons. The van der Waals surface area contributed by atoms with Gasteiger partial charge in [-0.05, 0) is 47.9 Å². The monoisotopic (exact) mass is 188 g/mol. The van der Waals surface area contributed by atoms with Gasteiger partial charge < -0.3 is 5.11 Å². The van der Waals surface area contributed by atoms with Crippen LogP contribution in [0.4, 0.5) is 0 Å². The molecular formula is C13H16O. The number of hydrogen-bond acceptors (Lipinski definition) is 1. The summed E-state index contributed by atoms with van der Waals surface area (Å²) in [7, 11) is 0. The van der Waals surface area contributed by atoms with Gasteiger partial charge in [-0.2, -0.15) is 0 Å². The fraction of sp³-hybridized carbons (Fsp3) is 0.385. The molecule has 0 saturated heterocycles. The van der Waals surface area contributed by atoms with Crippen molar-refractivity contribution in [1.82, 2.24) is 0 Å². The van der Waals surface area contributed by atoms with Crippen LogP contribution in [-0.4, -0.2) is 5.11 Å². The van der Waals surface area contributed by atoms with Crippen LogP contribution in [0.1, 0.15) is 29.5 Å². The van der Waals surface area contributed by atoms with Gasteiger partial charge in [0.25, 0.3) is 0 Å². The predicted octanol–water partition coefficient (Wildman–Crippen LogP) is 2.77. The first-order valence-electron chi connectivity index (χ1n) is 5.18. The first-order chi connectivity index (χ1) is 6.81. The fourth-order valence-electron chi connectivity index (χ4n) is 1.77. The molecule has 1 aliphatic carbocycles. The second kappa shape index (κ2) is 3.97. The Hall–Kier alpha value is -1.08. The molecule has 1 fully saturated rings. The minimum Gasteiger partial charge on any atom is -0.392 e. The molecule has 74 valence electrons. The molecule has 0 heterocycles. The highest BCUT2D eigenvalue weighted by atomic mass is 16.3. The Balaban J connectivity index is 2.23. The summed E-state index contributed by atoms with van der Waals surface area (Å²) in [6.07, 6.45) is 5.74. The Morgan fingerprint density at radius 1 is 1.29 bits per heavy atom. The maximum absolute atomic E-state index is 9.10. The van der Waals surface area contributed by atoms with Crippen molar-refractivity contribution in [2.45, 2.75) is 25.9 Å². The minimum atomic E-state index is 0.124. The Morgan fingerprint density at radius 2 is 2.00 bits per heavy atom. The van der Waals surface area contributed by atoms with E-state index < -0.39 is 0 Å². The lowest BCUT2D eigenvalue weighted by Gasteiger charge is -2.05. The highest BCUT2D eigenvalue weighted by molar-refractivity contribution is 5.50. The van der Waals surface area contributed by atoms with Crippen molar-refractivity contribution < 1.29 is 5.11 Å². The molecule has 14 heavy (non-hydrogen) atoms. The number of aliphatic hydroxyl groups is 1. The second-order valence-electron chi connectivity index (χ2n) is 4.09. The van der Waals surface area contributed by atoms with Gasteiger partial charge in [0.1, 0.15) is 0 Å². The smallest absolute Gasteiger partial charge is 0.0682 e. The van der Waals surface area contributed by atoms with E-state index in [-0.39, 0.29) is 6.61 Å². The molecule has 1 aliphatic rings. The normalized spacial score (nSPS) is 15.5. The highest BCUT2D eigenvalue weighted by Crippen LogP contribution is 2.33. The molecule has 0 unspecified atom stereocenters. The minimum absolute atomic E-state index is 0.124. The summed E-state index contributed by atoms with van der Waals surface area (Å²) in [6.45, 7) is 3.88. The lowest BCUT2D eigenvalue weighted by atomic mass is 10.0. The van der Waals surface area contributed by atoms with Crippen LogP contribution in [0, 0.1) is 5.92 Å². The van der Waals surface area contributed by atoms with E-state index in [0.29, 0.717) is 0 Å². The summed E-state index contributed by atoms with van der Waals surface area (Å²) >= 11 is 0. The number of rotatable bonds is 4. The second-order valence-corrected chi connectivity index (χ2v) is 4.09. The molecule has 0 atom stereocenters. The van der Waals surface area contributed by atoms with Crippen LogP contribution in [0.15, 0.2) is 24.8 Å². The quantitative estimate of drug-likeness (QED) is 0.770. The standard InChI is InChI=1S/C13H16O/c1-2-10-5-12(7-11-3-4-11)8-13(6-10)9-14/h2,5-6,8,11,14H,1,3-4,7,9H2. The molecular weight excluding hydrogens is 172 g/mol. The van der Waals surface area contributed by atoms with Crippen LogP contribution in [0.2, 0.25) is 0 Å². The van der Waals surface area contributed by atoms with Gasteiger partial charge in [-0.15, -0.1) is 0 Å². The van der Waals surface area contributed by atoms with Crippen molar-refractivity contribution in [3.8, 4) is 0 Å². The van der Waals surface area contributed by atoms with Crippen molar-refractivity contribution in [2.75, 3.05) is 0 Å². The summed E-state index contributed by atoms with van der Waals surface area (Å²) in [6, 6.07) is 6.26. The maximum atomic E-state index is 9.10. The number of benzene rings is 1. The molecule has 2 rings (SSSR count). The van der Waals surface area contributed by atoms with Crippen LogP contribution in [0.25, 0.3) is 6.08 Å². The number of hydrogen-bond donors (Lipinski definition) is 1. The Bertz CT molecular complexity index is 337. The zero-order valence-electron chi connectivity index (χ0n) is 8.37. The summed E-state index contributed by atoms with van der Waals surface area (Å²) in [4.78, 5) is 0. The molecule has 0 spiro atoms. The summed E-state index contributed by atoms with van der Waals surface area (Å²) in [5.74, 6) is 0.890. The van der Waals surface area contributed by atoms with Gasteiger partial charge in [0.2, 0.25) is 0 Å². The van der Waals surface area contributed by atoms with E-state index in [2.05, 4.69) is 18.7 Å². The summed E-state index contributed by atoms with van der Waals surface area (Å²) < 4.78 is 0. The fourth-order valence-corrected chi connectivity index (χ4v) is 1.77. The Morgan fingerprint density at radius 3 is 2.57 bits per heavy atom. The largest absolute Gasteiger partial charge is 0.392 e. The van der Waals surface area contributed by atoms with Gasteiger partial charge in [0.05, 0.1) is 6.61 Å². The molecule has 1 aromatic rings. The molecule has 0 amide bonds. The molecule has 0 aliphatic heterocycles. The van der Waals surface area contributed by atoms with Crippen LogP contribution >= 0.6 is 0 Å². The van der Waals surface area contributed by atoms with E-state index in [0.717, 1.165) is 23.5 Å². The van der Waals surface area contributed by atoms with E-state index in [1.807, 2.05) is 12.1 Å². The van der Waals surface area contributed by atoms with E-state index in [1.54, 1.807) is 0 Å². The van der Waals surface area contributed by atoms with Gasteiger partial charge in [-0.1, -0.05) is 24.8 Å². The molecule has 1 aromatic carbocycles. The van der Waals surface area contributed by atoms with Crippen molar-refractivity contribution >= 4 is 6.08 Å². The van der Waals surface area contributed by atoms with Gasteiger partial charge >= 0.3 is 0 Å². The van der Waals surface area contributed by atoms with Crippen molar-refractivity contribution in [2.24, 2.45) is 5.92 Å². The topological polar surface area (TPSA) is 20.2 Å². The summed E-state index contributed by atoms with van der Waals surface area (Å²) in [5.41, 5.74) is 3.46. The zero-order valence-corrected chi connectivity index (χ0v) is 8.37. The van der Waals surface area contributed by atoms with Crippen LogP contribution < -0.4 is 0 Å². The van der Waals surface area contributed by atoms with Crippen molar-refractivity contribution in [1.29, 1.82) is 0 Å². The van der Waals surface area contributed by atoms with E-state index in [1.165, 1.54) is 18.4 Å². The van der Waals surface area contributed by atoms with Gasteiger partial charge in [-0.3, -0.25) is 0 Å². The first kappa shape index (κ1) is 9.47. The SMILES string of the molecule is C=Cc1cc(CO)cc(CC2CC2)c1. The van der Waals surface area contributed by atoms with Crippen molar-refractivity contribution in [3.63, 3.8) is 0 Å². The highest BCUT2D eigenvalue weighted by Gasteiger charge is 2.21. The van der Waals surface area contributed by atoms with Gasteiger partial charge in [-0.25, -0.2) is 0 Å². The van der Waals surface area contributed by atoms with Crippen LogP contribution in [-0.2, 0) is 13.0 Å². The third-order valence-electron chi connectivity index (χ3n) is 2.71. The first-order valence-corrected chi connectivity index (χ1v) is 5.18. The average molecular weight is 188 g/mol. The van der Waals surface area contributed by atoms with Gasteiger partial charge in [0, 0.05) is 0 Å². The average Bonchev–Trinajstić information content (AvgIpc) is 3.01. The molecule has 1 saturated carbocycles. The Labute approximate surface area is 85.1 Å². The van der Waals surface area contributed by atoms with Crippen LogP contribution in [0.5, 0.6) is 0 Å². The van der Waals surface area contributed by atoms with E-state index >= 15 is 0 Å². The van der Waals surface area contributed by atoms with Crippen LogP contribution in [0.3, 0.4) is 0 Å². The summed E-state index contributed by atoms with van der Waals surface area (Å²) in [5, 5.41) is 9.10. The van der Waals surface area contributed by atoms with E-state index in [9.17, 15) is 0 Å². The molecule has 0 aromatic heterocycles. The lowest BCUT2D eigenvalue weighted by molar-refractivity contribution is 0.281. The predicted molar refractivity (Wildman–Crippen MR) is 58.9 cm³/mol. The maximum Gasteiger partial charge on any atom is 0.0682 e. The Kier molecular flexibility index (Phi) is 2.69. The molecule has 0 bridgehead atoms. The van der Waals surface area contributed by atoms with Crippen molar-refractivity contribution in [3.05, 3.63) is 41.5 Å². The lowest BCUT2D eigenvalue weighted by Crippen LogP contribution is -1.92. The molecule has 1 heteroatoms.